The van der Waals surface area contributed by atoms with Crippen molar-refractivity contribution in [1.29, 1.82) is 0 Å². The highest BCUT2D eigenvalue weighted by Gasteiger charge is 2.49. The van der Waals surface area contributed by atoms with Gasteiger partial charge in [-0.2, -0.15) is 23.5 Å². The van der Waals surface area contributed by atoms with Crippen LogP contribution in [0.1, 0.15) is 107 Å². The van der Waals surface area contributed by atoms with Gasteiger partial charge < -0.3 is 26.4 Å². The molecule has 1 saturated carbocycles. The number of rotatable bonds is 14. The Balaban J connectivity index is 1.28. The summed E-state index contributed by atoms with van der Waals surface area (Å²) in [5, 5.41) is 24.9. The number of hydrogen-bond donors (Lipinski definition) is 5. The van der Waals surface area contributed by atoms with Gasteiger partial charge in [0.2, 0.25) is 27.6 Å². The zero-order valence-corrected chi connectivity index (χ0v) is 34.9. The molecule has 0 radical (unpaired) electrons. The molecule has 0 spiro atoms. The predicted molar refractivity (Wildman–Crippen MR) is 216 cm³/mol. The van der Waals surface area contributed by atoms with Crippen molar-refractivity contribution in [3.8, 4) is 0 Å². The molecule has 3 saturated heterocycles. The van der Waals surface area contributed by atoms with E-state index in [1.54, 1.807) is 37.4 Å². The fourth-order valence-corrected chi connectivity index (χ4v) is 12.0. The molecule has 3 atom stereocenters. The van der Waals surface area contributed by atoms with Gasteiger partial charge in [-0.3, -0.25) is 24.0 Å². The van der Waals surface area contributed by atoms with Crippen LogP contribution in [0.3, 0.4) is 0 Å². The van der Waals surface area contributed by atoms with E-state index in [-0.39, 0.29) is 48.2 Å². The first-order valence-electron chi connectivity index (χ1n) is 19.8. The highest BCUT2D eigenvalue weighted by molar-refractivity contribution is 7.99. The molecule has 4 amide bonds. The summed E-state index contributed by atoms with van der Waals surface area (Å²) >= 11 is 3.38. The van der Waals surface area contributed by atoms with E-state index in [0.717, 1.165) is 56.5 Å². The molecule has 1 aromatic heterocycles. The van der Waals surface area contributed by atoms with Crippen molar-refractivity contribution in [3.63, 3.8) is 0 Å². The Labute approximate surface area is 342 Å². The average Bonchev–Trinajstić information content (AvgIpc) is 3.87. The van der Waals surface area contributed by atoms with Gasteiger partial charge in [-0.15, -0.1) is 5.10 Å². The molecular formula is C38H54N8O8S3. The SMILES string of the molecule is CC(C)(O)c1cnnn1[C@H]1C[C@@H](C(=O)NC2(C(=O)C(N)=O)CCSCC2)N(C(=O)[C@@H](CC2CCCCC2)NC(=O)c2ccc(S(=O)(=O)NC3CCSCC3)cc2)C1. The Morgan fingerprint density at radius 3 is 2.26 bits per heavy atom. The number of aliphatic hydroxyl groups is 1. The third kappa shape index (κ3) is 10.2. The maximum atomic E-state index is 14.9. The number of nitrogens with one attached hydrogen (secondary N) is 3. The molecule has 4 fully saturated rings. The van der Waals surface area contributed by atoms with Gasteiger partial charge in [-0.25, -0.2) is 17.8 Å². The van der Waals surface area contributed by atoms with Crippen LogP contribution in [0.5, 0.6) is 0 Å². The molecule has 0 unspecified atom stereocenters. The van der Waals surface area contributed by atoms with Gasteiger partial charge in [0.05, 0.1) is 22.8 Å². The molecule has 16 nitrogen and oxygen atoms in total. The third-order valence-corrected chi connectivity index (χ3v) is 15.2. The van der Waals surface area contributed by atoms with E-state index in [2.05, 4.69) is 25.7 Å². The van der Waals surface area contributed by atoms with Crippen molar-refractivity contribution in [2.45, 2.75) is 125 Å². The number of aromatic nitrogens is 3. The summed E-state index contributed by atoms with van der Waals surface area (Å²) in [6.07, 6.45) is 8.45. The lowest BCUT2D eigenvalue weighted by Crippen LogP contribution is -2.63. The number of benzene rings is 1. The van der Waals surface area contributed by atoms with Gasteiger partial charge in [0.1, 0.15) is 23.2 Å². The van der Waals surface area contributed by atoms with Crippen LogP contribution >= 0.6 is 23.5 Å². The highest BCUT2D eigenvalue weighted by Crippen LogP contribution is 2.35. The van der Waals surface area contributed by atoms with Gasteiger partial charge >= 0.3 is 0 Å². The molecule has 312 valence electrons. The summed E-state index contributed by atoms with van der Waals surface area (Å²) in [4.78, 5) is 70.0. The number of primary amides is 1. The second-order valence-electron chi connectivity index (χ2n) is 16.2. The Hall–Kier alpha value is -3.52. The van der Waals surface area contributed by atoms with Crippen LogP contribution in [-0.4, -0.2) is 116 Å². The van der Waals surface area contributed by atoms with E-state index in [1.807, 2.05) is 0 Å². The van der Waals surface area contributed by atoms with Gasteiger partial charge in [0.15, 0.2) is 0 Å². The predicted octanol–water partition coefficient (Wildman–Crippen LogP) is 2.03. The molecule has 19 heteroatoms. The second-order valence-corrected chi connectivity index (χ2v) is 20.4. The largest absolute Gasteiger partial charge is 0.384 e. The fourth-order valence-electron chi connectivity index (χ4n) is 8.43. The molecule has 3 aliphatic heterocycles. The highest BCUT2D eigenvalue weighted by atomic mass is 32.2. The molecule has 4 heterocycles. The lowest BCUT2D eigenvalue weighted by molar-refractivity contribution is -0.145. The van der Waals surface area contributed by atoms with Crippen molar-refractivity contribution >= 4 is 63.0 Å². The first kappa shape index (κ1) is 43.1. The number of ketones is 1. The molecule has 57 heavy (non-hydrogen) atoms. The number of likely N-dealkylation sites (tertiary alicyclic amines) is 1. The quantitative estimate of drug-likeness (QED) is 0.172. The lowest BCUT2D eigenvalue weighted by Gasteiger charge is -2.37. The third-order valence-electron chi connectivity index (χ3n) is 11.6. The number of nitrogens with zero attached hydrogens (tertiary/aromatic N) is 4. The number of sulfonamides is 1. The van der Waals surface area contributed by atoms with E-state index < -0.39 is 68.7 Å². The Kier molecular flexibility index (Phi) is 13.7. The zero-order valence-electron chi connectivity index (χ0n) is 32.5. The maximum absolute atomic E-state index is 14.9. The number of Topliss-reactive ketones (excluding diaryl/α,β-unsaturated/α-hetero) is 1. The van der Waals surface area contributed by atoms with Crippen molar-refractivity contribution in [3.05, 3.63) is 41.7 Å². The Bertz CT molecular complexity index is 1900. The summed E-state index contributed by atoms with van der Waals surface area (Å²) < 4.78 is 30.6. The normalized spacial score (nSPS) is 22.8. The standard InChI is InChI=1S/C38H54N8O8S3/c1-37(2,52)31-22-40-44-46(31)27-21-30(35(50)42-38(32(47)33(39)48)14-18-56-19-15-38)45(23-27)36(51)29(20-24-6-4-3-5-7-24)41-34(49)25-8-10-28(11-9-25)57(53,54)43-26-12-16-55-17-13-26/h8-11,22,24,26-27,29-30,43,52H,3-7,12-21,23H2,1-2H3,(H2,39,48)(H,41,49)(H,42,50)/t27-,29+,30-/m0/s1. The smallest absolute Gasteiger partial charge is 0.287 e. The van der Waals surface area contributed by atoms with Crippen LogP contribution in [0.4, 0.5) is 0 Å². The monoisotopic (exact) mass is 846 g/mol. The average molecular weight is 847 g/mol. The van der Waals surface area contributed by atoms with Crippen molar-refractivity contribution in [2.24, 2.45) is 11.7 Å². The van der Waals surface area contributed by atoms with E-state index in [1.165, 1.54) is 40.0 Å². The van der Waals surface area contributed by atoms with Crippen LogP contribution in [0.2, 0.25) is 0 Å². The summed E-state index contributed by atoms with van der Waals surface area (Å²) in [6, 6.07) is 2.65. The van der Waals surface area contributed by atoms with Crippen LogP contribution in [0.25, 0.3) is 0 Å². The number of carbonyl (C=O) groups excluding carboxylic acids is 5. The van der Waals surface area contributed by atoms with Gasteiger partial charge in [0.25, 0.3) is 11.8 Å². The van der Waals surface area contributed by atoms with Crippen LogP contribution < -0.4 is 21.1 Å². The summed E-state index contributed by atoms with van der Waals surface area (Å²) in [5.41, 5.74) is 3.12. The molecule has 6 rings (SSSR count). The van der Waals surface area contributed by atoms with Gasteiger partial charge in [-0.1, -0.05) is 37.3 Å². The summed E-state index contributed by atoms with van der Waals surface area (Å²) in [7, 11) is -3.81. The lowest BCUT2D eigenvalue weighted by atomic mass is 9.84. The van der Waals surface area contributed by atoms with E-state index in [9.17, 15) is 37.5 Å². The first-order valence-corrected chi connectivity index (χ1v) is 23.6. The van der Waals surface area contributed by atoms with Crippen molar-refractivity contribution in [2.75, 3.05) is 29.6 Å². The minimum atomic E-state index is -3.81. The van der Waals surface area contributed by atoms with Gasteiger partial charge in [0, 0.05) is 24.6 Å². The van der Waals surface area contributed by atoms with E-state index in [4.69, 9.17) is 5.73 Å². The van der Waals surface area contributed by atoms with Crippen LogP contribution in [0, 0.1) is 5.92 Å². The van der Waals surface area contributed by atoms with Crippen molar-refractivity contribution < 1.29 is 37.5 Å². The summed E-state index contributed by atoms with van der Waals surface area (Å²) in [5.74, 6) is -0.850. The Morgan fingerprint density at radius 2 is 1.63 bits per heavy atom. The number of nitrogens with two attached hydrogens (primary N) is 1. The summed E-state index contributed by atoms with van der Waals surface area (Å²) in [6.45, 7) is 3.13. The minimum absolute atomic E-state index is 0.0216. The number of carbonyl (C=O) groups is 5. The topological polar surface area (TPSA) is 236 Å². The van der Waals surface area contributed by atoms with Crippen molar-refractivity contribution in [1.82, 2.24) is 35.2 Å². The van der Waals surface area contributed by atoms with E-state index in [0.29, 0.717) is 23.6 Å². The number of thioether (sulfide) groups is 2. The van der Waals surface area contributed by atoms with Crippen LogP contribution in [0.15, 0.2) is 35.4 Å². The molecule has 2 aromatic rings. The molecule has 0 bridgehead atoms. The second kappa shape index (κ2) is 18.2. The van der Waals surface area contributed by atoms with E-state index >= 15 is 0 Å². The number of hydrogen-bond acceptors (Lipinski definition) is 12. The first-order chi connectivity index (χ1) is 27.1. The fraction of sp³-hybridized carbons (Fsp3) is 0.658. The molecule has 4 aliphatic rings. The van der Waals surface area contributed by atoms with Gasteiger partial charge in [-0.05, 0) is 99.1 Å². The zero-order chi connectivity index (χ0) is 41.0. The molecule has 6 N–H and O–H groups in total. The van der Waals surface area contributed by atoms with Crippen LogP contribution in [-0.2, 0) is 34.8 Å². The molecular weight excluding hydrogens is 793 g/mol. The number of amides is 4. The Morgan fingerprint density at radius 1 is 0.982 bits per heavy atom. The molecule has 1 aliphatic carbocycles. The minimum Gasteiger partial charge on any atom is -0.384 e. The molecule has 1 aromatic carbocycles. The maximum Gasteiger partial charge on any atom is 0.287 e.